The second kappa shape index (κ2) is 10.7. The fraction of sp³-hybridized carbons (Fsp3) is 0.256. The molecule has 0 bridgehead atoms. The molecule has 0 amide bonds. The van der Waals surface area contributed by atoms with Gasteiger partial charge in [0.2, 0.25) is 0 Å². The molecule has 5 heteroatoms. The predicted molar refractivity (Wildman–Crippen MR) is 173 cm³/mol. The van der Waals surface area contributed by atoms with Gasteiger partial charge >= 0.3 is 0 Å². The molecule has 2 heterocycles. The molecule has 5 nitrogen and oxygen atoms in total. The third kappa shape index (κ3) is 4.02. The van der Waals surface area contributed by atoms with E-state index in [-0.39, 0.29) is 17.3 Å². The molecule has 2 aliphatic heterocycles. The molecule has 220 valence electrons. The number of hydrogen-bond acceptors (Lipinski definition) is 5. The van der Waals surface area contributed by atoms with E-state index in [2.05, 4.69) is 18.7 Å². The lowest BCUT2D eigenvalue weighted by Crippen LogP contribution is -2.48. The first kappa shape index (κ1) is 28.0. The van der Waals surface area contributed by atoms with Crippen LogP contribution in [0.2, 0.25) is 0 Å². The van der Waals surface area contributed by atoms with Crippen LogP contribution in [0.25, 0.3) is 6.08 Å². The fourth-order valence-electron chi connectivity index (χ4n) is 7.73. The topological polar surface area (TPSA) is 63.7 Å². The molecular weight excluding hydrogens is 546 g/mol. The van der Waals surface area contributed by atoms with Crippen molar-refractivity contribution < 1.29 is 19.1 Å². The lowest BCUT2D eigenvalue weighted by atomic mass is 9.64. The number of carbonyl (C=O) groups is 3. The zero-order valence-electron chi connectivity index (χ0n) is 25.2. The van der Waals surface area contributed by atoms with Gasteiger partial charge in [-0.2, -0.15) is 0 Å². The number of rotatable bonds is 7. The Labute approximate surface area is 258 Å². The quantitative estimate of drug-likeness (QED) is 0.166. The maximum absolute atomic E-state index is 15.0. The van der Waals surface area contributed by atoms with Crippen molar-refractivity contribution in [3.05, 3.63) is 137 Å². The smallest absolute Gasteiger partial charge is 0.185 e. The number of anilines is 1. The zero-order chi connectivity index (χ0) is 30.6. The number of ketones is 3. The Morgan fingerprint density at radius 3 is 2.16 bits per heavy atom. The van der Waals surface area contributed by atoms with Gasteiger partial charge in [-0.25, -0.2) is 0 Å². The molecule has 1 saturated heterocycles. The molecule has 1 aliphatic carbocycles. The van der Waals surface area contributed by atoms with E-state index in [1.165, 1.54) is 5.56 Å². The summed E-state index contributed by atoms with van der Waals surface area (Å²) in [6.07, 6.45) is 4.86. The van der Waals surface area contributed by atoms with Gasteiger partial charge in [0.25, 0.3) is 0 Å². The Bertz CT molecular complexity index is 1780. The summed E-state index contributed by atoms with van der Waals surface area (Å²) < 4.78 is 6.14. The van der Waals surface area contributed by atoms with E-state index in [1.54, 1.807) is 24.3 Å². The van der Waals surface area contributed by atoms with Gasteiger partial charge in [-0.05, 0) is 42.5 Å². The second-order valence-corrected chi connectivity index (χ2v) is 12.4. The third-order valence-electron chi connectivity index (χ3n) is 9.42. The molecule has 44 heavy (non-hydrogen) atoms. The van der Waals surface area contributed by atoms with Crippen LogP contribution < -0.4 is 9.64 Å². The van der Waals surface area contributed by atoms with Gasteiger partial charge in [0.1, 0.15) is 17.2 Å². The van der Waals surface area contributed by atoms with Crippen LogP contribution in [0.5, 0.6) is 5.75 Å². The monoisotopic (exact) mass is 581 g/mol. The lowest BCUT2D eigenvalue weighted by molar-refractivity contribution is 0.0664. The van der Waals surface area contributed by atoms with Gasteiger partial charge in [-0.15, -0.1) is 0 Å². The number of carbonyl (C=O) groups excluding carboxylic acids is 3. The van der Waals surface area contributed by atoms with E-state index in [1.807, 2.05) is 91.9 Å². The van der Waals surface area contributed by atoms with Crippen molar-refractivity contribution in [3.63, 3.8) is 0 Å². The lowest BCUT2D eigenvalue weighted by Gasteiger charge is -2.37. The van der Waals surface area contributed by atoms with Gasteiger partial charge in [0.05, 0.1) is 12.6 Å². The van der Waals surface area contributed by atoms with Crippen LogP contribution in [0.15, 0.2) is 103 Å². The van der Waals surface area contributed by atoms with Crippen molar-refractivity contribution in [2.24, 2.45) is 11.3 Å². The molecule has 1 spiro atoms. The molecule has 3 aliphatic rings. The maximum Gasteiger partial charge on any atom is 0.185 e. The molecule has 7 rings (SSSR count). The molecule has 0 aromatic heterocycles. The van der Waals surface area contributed by atoms with Crippen LogP contribution in [0.1, 0.15) is 74.5 Å². The van der Waals surface area contributed by atoms with Crippen molar-refractivity contribution in [2.75, 3.05) is 11.5 Å². The largest absolute Gasteiger partial charge is 0.494 e. The Morgan fingerprint density at radius 2 is 1.48 bits per heavy atom. The first-order valence-electron chi connectivity index (χ1n) is 15.5. The Balaban J connectivity index is 1.50. The van der Waals surface area contributed by atoms with Crippen LogP contribution in [0.3, 0.4) is 0 Å². The van der Waals surface area contributed by atoms with Crippen molar-refractivity contribution in [1.82, 2.24) is 0 Å². The summed E-state index contributed by atoms with van der Waals surface area (Å²) in [6, 6.07) is 28.8. The van der Waals surface area contributed by atoms with Gasteiger partial charge < -0.3 is 9.64 Å². The van der Waals surface area contributed by atoms with Crippen LogP contribution >= 0.6 is 0 Å². The minimum Gasteiger partial charge on any atom is -0.494 e. The van der Waals surface area contributed by atoms with Crippen LogP contribution in [-0.4, -0.2) is 36.0 Å². The summed E-state index contributed by atoms with van der Waals surface area (Å²) in [5.74, 6) is -0.337. The Hall–Kier alpha value is -4.77. The average molecular weight is 582 g/mol. The number of fused-ring (bicyclic) bond motifs is 5. The minimum atomic E-state index is -1.56. The summed E-state index contributed by atoms with van der Waals surface area (Å²) in [5, 5.41) is 0. The first-order chi connectivity index (χ1) is 21.4. The van der Waals surface area contributed by atoms with Gasteiger partial charge in [0.15, 0.2) is 17.3 Å². The van der Waals surface area contributed by atoms with Crippen molar-refractivity contribution in [1.29, 1.82) is 0 Å². The van der Waals surface area contributed by atoms with Gasteiger partial charge in [-0.1, -0.05) is 111 Å². The van der Waals surface area contributed by atoms with Crippen LogP contribution in [-0.2, 0) is 6.42 Å². The van der Waals surface area contributed by atoms with Crippen molar-refractivity contribution >= 4 is 29.1 Å². The predicted octanol–water partition coefficient (Wildman–Crippen LogP) is 7.60. The molecule has 4 aromatic rings. The standard InChI is InChI=1S/C39H35NO4/c1-4-44-32-16-10-8-14-30(32)34-35(36(41)27-19-17-25(18-20-27)23-24(2)3)40-31-15-9-5-11-26(31)21-22-33(40)39(34)37(42)28-12-6-7-13-29(28)38(39)43/h5-22,24,33-35H,4,23H2,1-3H3/t33?,34-,35+/m0/s1. The van der Waals surface area contributed by atoms with Crippen LogP contribution in [0, 0.1) is 11.3 Å². The van der Waals surface area contributed by atoms with E-state index >= 15 is 0 Å². The summed E-state index contributed by atoms with van der Waals surface area (Å²) in [5.41, 5.74) is 3.46. The van der Waals surface area contributed by atoms with E-state index in [9.17, 15) is 14.4 Å². The van der Waals surface area contributed by atoms with Crippen molar-refractivity contribution in [2.45, 2.75) is 45.2 Å². The summed E-state index contributed by atoms with van der Waals surface area (Å²) in [4.78, 5) is 46.8. The maximum atomic E-state index is 15.0. The summed E-state index contributed by atoms with van der Waals surface area (Å²) in [6.45, 7) is 6.66. The highest BCUT2D eigenvalue weighted by Crippen LogP contribution is 2.62. The number of benzene rings is 4. The Kier molecular flexibility index (Phi) is 6.84. The van der Waals surface area contributed by atoms with Gasteiger partial charge in [-0.3, -0.25) is 14.4 Å². The average Bonchev–Trinajstić information content (AvgIpc) is 3.47. The summed E-state index contributed by atoms with van der Waals surface area (Å²) >= 11 is 0. The molecule has 3 atom stereocenters. The third-order valence-corrected chi connectivity index (χ3v) is 9.42. The highest BCUT2D eigenvalue weighted by atomic mass is 16.5. The molecule has 4 aromatic carbocycles. The van der Waals surface area contributed by atoms with E-state index in [4.69, 9.17) is 4.74 Å². The highest BCUT2D eigenvalue weighted by Gasteiger charge is 2.71. The fourth-order valence-corrected chi connectivity index (χ4v) is 7.73. The second-order valence-electron chi connectivity index (χ2n) is 12.4. The van der Waals surface area contributed by atoms with E-state index in [0.717, 1.165) is 17.7 Å². The number of para-hydroxylation sites is 2. The number of hydrogen-bond donors (Lipinski definition) is 0. The molecule has 0 saturated carbocycles. The SMILES string of the molecule is CCOc1ccccc1[C@H]1[C@H](C(=O)c2ccc(CC(C)C)cc2)N2c3ccccc3C=CC2C12C(=O)c1ccccc1C2=O. The minimum absolute atomic E-state index is 0.124. The number of Topliss-reactive ketones (excluding diaryl/α,β-unsaturated/α-hetero) is 3. The van der Waals surface area contributed by atoms with E-state index < -0.39 is 23.4 Å². The van der Waals surface area contributed by atoms with Crippen molar-refractivity contribution in [3.8, 4) is 5.75 Å². The van der Waals surface area contributed by atoms with E-state index in [0.29, 0.717) is 40.5 Å². The number of ether oxygens (including phenoxy) is 1. The summed E-state index contributed by atoms with van der Waals surface area (Å²) in [7, 11) is 0. The highest BCUT2D eigenvalue weighted by molar-refractivity contribution is 6.32. The molecule has 0 N–H and O–H groups in total. The molecular formula is C39H35NO4. The zero-order valence-corrected chi connectivity index (χ0v) is 25.2. The molecule has 1 fully saturated rings. The first-order valence-corrected chi connectivity index (χ1v) is 15.5. The van der Waals surface area contributed by atoms with Gasteiger partial charge in [0, 0.05) is 33.9 Å². The Morgan fingerprint density at radius 1 is 0.841 bits per heavy atom. The normalized spacial score (nSPS) is 21.0. The molecule has 0 radical (unpaired) electrons. The number of nitrogens with zero attached hydrogens (tertiary/aromatic N) is 1. The van der Waals surface area contributed by atoms with Crippen LogP contribution in [0.4, 0.5) is 5.69 Å². The molecule has 1 unspecified atom stereocenters.